The topological polar surface area (TPSA) is 88.1 Å². The predicted molar refractivity (Wildman–Crippen MR) is 119 cm³/mol. The molecule has 1 fully saturated rings. The van der Waals surface area contributed by atoms with Gasteiger partial charge in [-0.1, -0.05) is 18.2 Å². The minimum Gasteiger partial charge on any atom is -0.316 e. The SMILES string of the molecule is Cc1nc(CC2CCN(S(=O)(=O)c3ccccc3)CC2)cc(Nc2ncc(C)s2)n1. The standard InChI is InChI=1S/C21H25N5O2S2/c1-15-14-22-21(29-15)25-20-13-18(23-16(2)24-20)12-17-8-10-26(11-9-17)30(27,28)19-6-4-3-5-7-19/h3-7,13-14,17H,8-12H2,1-2H3,(H,22,23,24,25). The Labute approximate surface area is 181 Å². The summed E-state index contributed by atoms with van der Waals surface area (Å²) in [6, 6.07) is 10.6. The van der Waals surface area contributed by atoms with Crippen molar-refractivity contribution in [1.29, 1.82) is 0 Å². The van der Waals surface area contributed by atoms with Crippen LogP contribution in [0.5, 0.6) is 0 Å². The number of piperidine rings is 1. The van der Waals surface area contributed by atoms with Crippen LogP contribution in [0.15, 0.2) is 47.5 Å². The lowest BCUT2D eigenvalue weighted by Crippen LogP contribution is -2.38. The minimum atomic E-state index is -3.41. The van der Waals surface area contributed by atoms with E-state index in [9.17, 15) is 8.42 Å². The zero-order valence-corrected chi connectivity index (χ0v) is 18.7. The Hall–Kier alpha value is -2.36. The van der Waals surface area contributed by atoms with Crippen molar-refractivity contribution in [1.82, 2.24) is 19.3 Å². The van der Waals surface area contributed by atoms with Crippen molar-refractivity contribution in [2.45, 2.75) is 38.0 Å². The van der Waals surface area contributed by atoms with E-state index >= 15 is 0 Å². The number of hydrogen-bond donors (Lipinski definition) is 1. The second-order valence-corrected chi connectivity index (χ2v) is 10.7. The van der Waals surface area contributed by atoms with Gasteiger partial charge >= 0.3 is 0 Å². The molecule has 0 aliphatic carbocycles. The molecule has 1 aliphatic heterocycles. The molecule has 1 aromatic carbocycles. The molecule has 0 radical (unpaired) electrons. The van der Waals surface area contributed by atoms with Crippen molar-refractivity contribution in [2.75, 3.05) is 18.4 Å². The molecule has 0 unspecified atom stereocenters. The van der Waals surface area contributed by atoms with Crippen LogP contribution >= 0.6 is 11.3 Å². The van der Waals surface area contributed by atoms with Crippen LogP contribution in [0.4, 0.5) is 10.9 Å². The lowest BCUT2D eigenvalue weighted by Gasteiger charge is -2.31. The van der Waals surface area contributed by atoms with Crippen molar-refractivity contribution in [3.63, 3.8) is 0 Å². The normalized spacial score (nSPS) is 15.9. The molecule has 3 heterocycles. The summed E-state index contributed by atoms with van der Waals surface area (Å²) < 4.78 is 27.2. The highest BCUT2D eigenvalue weighted by molar-refractivity contribution is 7.89. The maximum absolute atomic E-state index is 12.8. The van der Waals surface area contributed by atoms with Gasteiger partial charge in [-0.15, -0.1) is 11.3 Å². The Morgan fingerprint density at radius 3 is 2.53 bits per heavy atom. The van der Waals surface area contributed by atoms with E-state index in [-0.39, 0.29) is 0 Å². The van der Waals surface area contributed by atoms with Crippen LogP contribution in [0.3, 0.4) is 0 Å². The molecular weight excluding hydrogens is 418 g/mol. The van der Waals surface area contributed by atoms with Gasteiger partial charge in [0.15, 0.2) is 5.13 Å². The van der Waals surface area contributed by atoms with E-state index in [2.05, 4.69) is 20.3 Å². The first kappa shape index (κ1) is 20.9. The van der Waals surface area contributed by atoms with E-state index < -0.39 is 10.0 Å². The average Bonchev–Trinajstić information content (AvgIpc) is 3.13. The van der Waals surface area contributed by atoms with Crippen molar-refractivity contribution >= 4 is 32.3 Å². The van der Waals surface area contributed by atoms with Gasteiger partial charge in [0.1, 0.15) is 11.6 Å². The van der Waals surface area contributed by atoms with Crippen molar-refractivity contribution in [2.24, 2.45) is 5.92 Å². The third kappa shape index (κ3) is 4.85. The fourth-order valence-corrected chi connectivity index (χ4v) is 5.87. The molecule has 0 atom stereocenters. The van der Waals surface area contributed by atoms with E-state index in [1.165, 1.54) is 0 Å². The Bertz CT molecular complexity index is 1110. The smallest absolute Gasteiger partial charge is 0.243 e. The van der Waals surface area contributed by atoms with E-state index in [4.69, 9.17) is 0 Å². The number of nitrogens with one attached hydrogen (secondary N) is 1. The summed E-state index contributed by atoms with van der Waals surface area (Å²) in [5, 5.41) is 4.07. The first-order chi connectivity index (χ1) is 14.4. The monoisotopic (exact) mass is 443 g/mol. The van der Waals surface area contributed by atoms with Gasteiger partial charge in [0, 0.05) is 35.9 Å². The average molecular weight is 444 g/mol. The molecule has 9 heteroatoms. The molecule has 1 aliphatic rings. The molecule has 4 rings (SSSR count). The van der Waals surface area contributed by atoms with Gasteiger partial charge in [-0.2, -0.15) is 4.31 Å². The Morgan fingerprint density at radius 1 is 1.13 bits per heavy atom. The number of hydrogen-bond acceptors (Lipinski definition) is 7. The van der Waals surface area contributed by atoms with Crippen LogP contribution < -0.4 is 5.32 Å². The second-order valence-electron chi connectivity index (χ2n) is 7.56. The van der Waals surface area contributed by atoms with Crippen molar-refractivity contribution in [3.05, 3.63) is 59.0 Å². The largest absolute Gasteiger partial charge is 0.316 e. The van der Waals surface area contributed by atoms with Crippen LogP contribution in [0.2, 0.25) is 0 Å². The summed E-state index contributed by atoms with van der Waals surface area (Å²) in [6.45, 7) is 4.98. The molecule has 7 nitrogen and oxygen atoms in total. The van der Waals surface area contributed by atoms with Gasteiger partial charge in [-0.25, -0.2) is 23.4 Å². The zero-order chi connectivity index (χ0) is 21.1. The summed E-state index contributed by atoms with van der Waals surface area (Å²) in [5.74, 6) is 1.86. The highest BCUT2D eigenvalue weighted by atomic mass is 32.2. The van der Waals surface area contributed by atoms with E-state index in [1.54, 1.807) is 39.9 Å². The van der Waals surface area contributed by atoms with Crippen LogP contribution in [0.1, 0.15) is 29.2 Å². The number of benzene rings is 1. The van der Waals surface area contributed by atoms with E-state index in [1.807, 2.05) is 32.2 Å². The van der Waals surface area contributed by atoms with Gasteiger partial charge in [-0.05, 0) is 51.2 Å². The first-order valence-electron chi connectivity index (χ1n) is 9.99. The number of thiazole rings is 1. The van der Waals surface area contributed by atoms with Gasteiger partial charge < -0.3 is 5.32 Å². The minimum absolute atomic E-state index is 0.364. The number of rotatable bonds is 6. The number of sulfonamides is 1. The quantitative estimate of drug-likeness (QED) is 0.621. The second kappa shape index (κ2) is 8.79. The van der Waals surface area contributed by atoms with E-state index in [0.717, 1.165) is 40.8 Å². The molecule has 30 heavy (non-hydrogen) atoms. The third-order valence-corrected chi connectivity index (χ3v) is 7.94. The Morgan fingerprint density at radius 2 is 1.87 bits per heavy atom. The van der Waals surface area contributed by atoms with Crippen LogP contribution in [0.25, 0.3) is 0 Å². The van der Waals surface area contributed by atoms with E-state index in [0.29, 0.717) is 29.7 Å². The molecule has 0 spiro atoms. The van der Waals surface area contributed by atoms with Gasteiger partial charge in [-0.3, -0.25) is 0 Å². The lowest BCUT2D eigenvalue weighted by molar-refractivity contribution is 0.271. The number of aryl methyl sites for hydroxylation is 2. The van der Waals surface area contributed by atoms with Gasteiger partial charge in [0.05, 0.1) is 4.90 Å². The molecule has 0 saturated carbocycles. The lowest BCUT2D eigenvalue weighted by atomic mass is 9.93. The Balaban J connectivity index is 1.39. The molecule has 1 N–H and O–H groups in total. The van der Waals surface area contributed by atoms with Crippen molar-refractivity contribution in [3.8, 4) is 0 Å². The van der Waals surface area contributed by atoms with Gasteiger partial charge in [0.2, 0.25) is 10.0 Å². The molecule has 158 valence electrons. The molecule has 1 saturated heterocycles. The summed E-state index contributed by atoms with van der Waals surface area (Å²) in [7, 11) is -3.41. The molecule has 0 bridgehead atoms. The molecular formula is C21H25N5O2S2. The first-order valence-corrected chi connectivity index (χ1v) is 12.2. The number of nitrogens with zero attached hydrogens (tertiary/aromatic N) is 4. The maximum Gasteiger partial charge on any atom is 0.243 e. The highest BCUT2D eigenvalue weighted by Crippen LogP contribution is 2.27. The summed E-state index contributed by atoms with van der Waals surface area (Å²) in [5.41, 5.74) is 0.975. The number of aromatic nitrogens is 3. The molecule has 0 amide bonds. The Kier molecular flexibility index (Phi) is 6.12. The van der Waals surface area contributed by atoms with Gasteiger partial charge in [0.25, 0.3) is 0 Å². The van der Waals surface area contributed by atoms with Crippen LogP contribution in [-0.4, -0.2) is 40.8 Å². The third-order valence-electron chi connectivity index (χ3n) is 5.20. The predicted octanol–water partition coefficient (Wildman–Crippen LogP) is 3.94. The van der Waals surface area contributed by atoms with Crippen molar-refractivity contribution < 1.29 is 8.42 Å². The number of anilines is 2. The fraction of sp³-hybridized carbons (Fsp3) is 0.381. The summed E-state index contributed by atoms with van der Waals surface area (Å²) in [4.78, 5) is 14.9. The fourth-order valence-electron chi connectivity index (χ4n) is 3.71. The van der Waals surface area contributed by atoms with Crippen LogP contribution in [-0.2, 0) is 16.4 Å². The summed E-state index contributed by atoms with van der Waals surface area (Å²) in [6.07, 6.45) is 4.29. The molecule has 3 aromatic rings. The summed E-state index contributed by atoms with van der Waals surface area (Å²) >= 11 is 1.59. The van der Waals surface area contributed by atoms with Crippen LogP contribution in [0, 0.1) is 19.8 Å². The maximum atomic E-state index is 12.8. The zero-order valence-electron chi connectivity index (χ0n) is 17.1. The molecule has 2 aromatic heterocycles. The highest BCUT2D eigenvalue weighted by Gasteiger charge is 2.29.